The van der Waals surface area contributed by atoms with Gasteiger partial charge in [-0.25, -0.2) is 0 Å². The van der Waals surface area contributed by atoms with Crippen molar-refractivity contribution in [3.63, 3.8) is 0 Å². The van der Waals surface area contributed by atoms with Crippen molar-refractivity contribution >= 4 is 5.97 Å². The van der Waals surface area contributed by atoms with Gasteiger partial charge in [0.15, 0.2) is 0 Å². The topological polar surface area (TPSA) is 75.1 Å². The highest BCUT2D eigenvalue weighted by molar-refractivity contribution is 5.67. The molecule has 0 saturated carbocycles. The molecule has 82 valence electrons. The number of ether oxygens (including phenoxy) is 1. The van der Waals surface area contributed by atoms with Crippen molar-refractivity contribution in [2.75, 3.05) is 0 Å². The van der Waals surface area contributed by atoms with Gasteiger partial charge >= 0.3 is 5.97 Å². The minimum absolute atomic E-state index is 0.441. The van der Waals surface area contributed by atoms with Crippen LogP contribution in [-0.4, -0.2) is 5.97 Å². The molecule has 0 N–H and O–H groups in total. The molecule has 16 heavy (non-hydrogen) atoms. The number of aryl methyl sites for hydroxylation is 1. The molecule has 1 aromatic carbocycles. The van der Waals surface area contributed by atoms with E-state index in [0.717, 1.165) is 17.5 Å². The Labute approximate surface area is 92.7 Å². The molecule has 5 nitrogen and oxygen atoms in total. The summed E-state index contributed by atoms with van der Waals surface area (Å²) in [5, 5.41) is 3.67. The predicted molar refractivity (Wildman–Crippen MR) is 57.4 cm³/mol. The summed E-state index contributed by atoms with van der Waals surface area (Å²) in [7, 11) is 0. The summed E-state index contributed by atoms with van der Waals surface area (Å²) in [6.45, 7) is 1.32. The van der Waals surface area contributed by atoms with Gasteiger partial charge in [0.05, 0.1) is 0 Å². The second kappa shape index (κ2) is 3.87. The van der Waals surface area contributed by atoms with Gasteiger partial charge in [0.1, 0.15) is 0 Å². The van der Waals surface area contributed by atoms with E-state index in [2.05, 4.69) is 10.0 Å². The first-order valence-electron chi connectivity index (χ1n) is 5.02. The van der Waals surface area contributed by atoms with Crippen LogP contribution in [0.3, 0.4) is 0 Å². The third-order valence-electron chi connectivity index (χ3n) is 2.69. The molecule has 0 fully saturated rings. The van der Waals surface area contributed by atoms with Crippen LogP contribution in [0, 0.1) is 0 Å². The first kappa shape index (κ1) is 10.5. The zero-order valence-electron chi connectivity index (χ0n) is 8.88. The van der Waals surface area contributed by atoms with E-state index in [1.165, 1.54) is 6.92 Å². The molecule has 1 atom stereocenters. The van der Waals surface area contributed by atoms with Crippen LogP contribution in [0.1, 0.15) is 24.5 Å². The average Bonchev–Trinajstić information content (AvgIpc) is 2.58. The van der Waals surface area contributed by atoms with Crippen LogP contribution < -0.4 is 0 Å². The first-order valence-corrected chi connectivity index (χ1v) is 5.02. The number of carbonyl (C=O) groups excluding carboxylic acids is 1. The van der Waals surface area contributed by atoms with Crippen molar-refractivity contribution in [2.45, 2.75) is 25.5 Å². The molecule has 0 spiro atoms. The summed E-state index contributed by atoms with van der Waals surface area (Å²) >= 11 is 0. The number of nitrogens with zero attached hydrogens (tertiary/aromatic N) is 3. The third-order valence-corrected chi connectivity index (χ3v) is 2.69. The molecule has 1 unspecified atom stereocenters. The maximum atomic E-state index is 11.1. The van der Waals surface area contributed by atoms with Crippen molar-refractivity contribution in [1.82, 2.24) is 0 Å². The van der Waals surface area contributed by atoms with E-state index in [9.17, 15) is 4.79 Å². The number of rotatable bonds is 2. The molecular weight excluding hydrogens is 206 g/mol. The lowest BCUT2D eigenvalue weighted by molar-refractivity contribution is -0.157. The van der Waals surface area contributed by atoms with Crippen molar-refractivity contribution in [1.29, 1.82) is 0 Å². The molecule has 1 aliphatic rings. The lowest BCUT2D eigenvalue weighted by Gasteiger charge is -2.24. The van der Waals surface area contributed by atoms with Gasteiger partial charge < -0.3 is 4.74 Å². The van der Waals surface area contributed by atoms with Gasteiger partial charge in [-0.15, -0.1) is 0 Å². The fourth-order valence-corrected chi connectivity index (χ4v) is 2.10. The summed E-state index contributed by atoms with van der Waals surface area (Å²) in [4.78, 5) is 13.9. The van der Waals surface area contributed by atoms with E-state index < -0.39 is 11.7 Å². The Bertz CT molecular complexity index is 480. The number of hydrogen-bond donors (Lipinski definition) is 0. The van der Waals surface area contributed by atoms with Crippen LogP contribution in [0.25, 0.3) is 10.4 Å². The molecular formula is C11H11N3O2. The Morgan fingerprint density at radius 3 is 3.00 bits per heavy atom. The molecule has 0 aliphatic heterocycles. The maximum absolute atomic E-state index is 11.1. The van der Waals surface area contributed by atoms with E-state index in [1.54, 1.807) is 0 Å². The number of esters is 1. The molecule has 0 saturated heterocycles. The molecule has 0 amide bonds. The molecule has 1 aromatic rings. The third kappa shape index (κ3) is 1.61. The van der Waals surface area contributed by atoms with Crippen molar-refractivity contribution < 1.29 is 9.53 Å². The fourth-order valence-electron chi connectivity index (χ4n) is 2.10. The van der Waals surface area contributed by atoms with Crippen LogP contribution >= 0.6 is 0 Å². The SMILES string of the molecule is CC(=O)OC1(N=[N+]=[N-])CCc2ccccc21. The Kier molecular flexibility index (Phi) is 2.54. The number of carbonyl (C=O) groups is 1. The lowest BCUT2D eigenvalue weighted by atomic mass is 10.1. The van der Waals surface area contributed by atoms with Gasteiger partial charge in [-0.1, -0.05) is 24.3 Å². The monoisotopic (exact) mass is 217 g/mol. The first-order chi connectivity index (χ1) is 7.68. The van der Waals surface area contributed by atoms with Gasteiger partial charge in [-0.05, 0) is 22.6 Å². The number of benzene rings is 1. The number of azide groups is 1. The molecule has 5 heteroatoms. The molecule has 0 aromatic heterocycles. The number of hydrogen-bond acceptors (Lipinski definition) is 3. The summed E-state index contributed by atoms with van der Waals surface area (Å²) in [5.41, 5.74) is 9.32. The van der Waals surface area contributed by atoms with Crippen LogP contribution in [0.5, 0.6) is 0 Å². The summed E-state index contributed by atoms with van der Waals surface area (Å²) in [6.07, 6.45) is 1.26. The zero-order chi connectivity index (χ0) is 11.6. The molecule has 0 heterocycles. The molecule has 0 radical (unpaired) electrons. The van der Waals surface area contributed by atoms with E-state index >= 15 is 0 Å². The Balaban J connectivity index is 2.50. The van der Waals surface area contributed by atoms with E-state index in [0.29, 0.717) is 6.42 Å². The summed E-state index contributed by atoms with van der Waals surface area (Å²) in [6, 6.07) is 7.54. The Hall–Kier alpha value is -2.00. The van der Waals surface area contributed by atoms with Gasteiger partial charge in [0, 0.05) is 23.8 Å². The highest BCUT2D eigenvalue weighted by atomic mass is 16.6. The standard InChI is InChI=1S/C11H11N3O2/c1-8(15)16-11(13-14-12)7-6-9-4-2-3-5-10(9)11/h2-5H,6-7H2,1H3. The minimum atomic E-state index is -1.14. The lowest BCUT2D eigenvalue weighted by Crippen LogP contribution is -2.26. The van der Waals surface area contributed by atoms with E-state index in [1.807, 2.05) is 24.3 Å². The molecule has 1 aliphatic carbocycles. The second-order valence-corrected chi connectivity index (χ2v) is 3.72. The van der Waals surface area contributed by atoms with Crippen LogP contribution in [0.2, 0.25) is 0 Å². The summed E-state index contributed by atoms with van der Waals surface area (Å²) in [5.74, 6) is -0.441. The Morgan fingerprint density at radius 1 is 1.56 bits per heavy atom. The van der Waals surface area contributed by atoms with Crippen LogP contribution in [-0.2, 0) is 21.7 Å². The van der Waals surface area contributed by atoms with E-state index in [4.69, 9.17) is 10.3 Å². The largest absolute Gasteiger partial charge is 0.448 e. The maximum Gasteiger partial charge on any atom is 0.303 e. The zero-order valence-corrected chi connectivity index (χ0v) is 8.88. The van der Waals surface area contributed by atoms with Gasteiger partial charge in [-0.3, -0.25) is 4.79 Å². The van der Waals surface area contributed by atoms with Gasteiger partial charge in [0.2, 0.25) is 5.72 Å². The van der Waals surface area contributed by atoms with Crippen LogP contribution in [0.4, 0.5) is 0 Å². The highest BCUT2D eigenvalue weighted by Crippen LogP contribution is 2.41. The summed E-state index contributed by atoms with van der Waals surface area (Å²) < 4.78 is 5.21. The normalized spacial score (nSPS) is 22.1. The predicted octanol–water partition coefficient (Wildman–Crippen LogP) is 2.66. The van der Waals surface area contributed by atoms with Gasteiger partial charge in [0.25, 0.3) is 0 Å². The smallest absolute Gasteiger partial charge is 0.303 e. The fraction of sp³-hybridized carbons (Fsp3) is 0.364. The number of fused-ring (bicyclic) bond motifs is 1. The average molecular weight is 217 g/mol. The quantitative estimate of drug-likeness (QED) is 0.330. The van der Waals surface area contributed by atoms with Crippen molar-refractivity contribution in [3.8, 4) is 0 Å². The van der Waals surface area contributed by atoms with Crippen LogP contribution in [0.15, 0.2) is 29.4 Å². The van der Waals surface area contributed by atoms with E-state index in [-0.39, 0.29) is 0 Å². The second-order valence-electron chi connectivity index (χ2n) is 3.72. The van der Waals surface area contributed by atoms with Crippen molar-refractivity contribution in [3.05, 3.63) is 45.8 Å². The highest BCUT2D eigenvalue weighted by Gasteiger charge is 2.40. The minimum Gasteiger partial charge on any atom is -0.448 e. The Morgan fingerprint density at radius 2 is 2.31 bits per heavy atom. The van der Waals surface area contributed by atoms with Gasteiger partial charge in [-0.2, -0.15) is 0 Å². The van der Waals surface area contributed by atoms with Crippen molar-refractivity contribution in [2.24, 2.45) is 5.11 Å². The molecule has 0 bridgehead atoms. The molecule has 2 rings (SSSR count).